The Kier molecular flexibility index (Phi) is 3.44. The first-order valence-corrected chi connectivity index (χ1v) is 7.32. The Morgan fingerprint density at radius 1 is 1.35 bits per heavy atom. The summed E-state index contributed by atoms with van der Waals surface area (Å²) in [6.45, 7) is 1.70. The van der Waals surface area contributed by atoms with Crippen LogP contribution >= 0.6 is 11.8 Å². The van der Waals surface area contributed by atoms with E-state index in [0.29, 0.717) is 17.0 Å². The van der Waals surface area contributed by atoms with Crippen LogP contribution in [0, 0.1) is 12.7 Å². The second kappa shape index (κ2) is 5.25. The predicted molar refractivity (Wildman–Crippen MR) is 78.1 cm³/mol. The van der Waals surface area contributed by atoms with Crippen molar-refractivity contribution in [3.05, 3.63) is 59.7 Å². The summed E-state index contributed by atoms with van der Waals surface area (Å²) in [6, 6.07) is 10.5. The highest BCUT2D eigenvalue weighted by atomic mass is 32.2. The number of nitrogens with zero attached hydrogens (tertiary/aromatic N) is 2. The maximum Gasteiger partial charge on any atom is 0.238 e. The molecule has 1 aromatic heterocycles. The van der Waals surface area contributed by atoms with Crippen LogP contribution in [-0.2, 0) is 4.79 Å². The van der Waals surface area contributed by atoms with Gasteiger partial charge in [0.25, 0.3) is 0 Å². The van der Waals surface area contributed by atoms with E-state index in [-0.39, 0.29) is 17.1 Å². The molecule has 0 spiro atoms. The molecule has 1 saturated heterocycles. The molecule has 3 nitrogen and oxygen atoms in total. The number of thioether (sulfide) groups is 1. The molecular formula is C15H13FN2OS. The zero-order valence-electron chi connectivity index (χ0n) is 10.9. The van der Waals surface area contributed by atoms with Crippen molar-refractivity contribution in [2.24, 2.45) is 0 Å². The van der Waals surface area contributed by atoms with E-state index >= 15 is 0 Å². The number of halogens is 1. The smallest absolute Gasteiger partial charge is 0.238 e. The van der Waals surface area contributed by atoms with E-state index in [4.69, 9.17) is 0 Å². The summed E-state index contributed by atoms with van der Waals surface area (Å²) in [5, 5.41) is -0.189. The zero-order valence-corrected chi connectivity index (χ0v) is 11.7. The van der Waals surface area contributed by atoms with Gasteiger partial charge in [0.1, 0.15) is 11.2 Å². The molecule has 1 unspecified atom stereocenters. The standard InChI is InChI=1S/C15H13FN2OS/c1-10-5-6-11(8-12(10)16)18-14(19)9-20-15(18)13-4-2-3-7-17-13/h2-8,15H,9H2,1H3. The molecule has 3 rings (SSSR count). The van der Waals surface area contributed by atoms with Crippen LogP contribution in [0.1, 0.15) is 16.6 Å². The van der Waals surface area contributed by atoms with Gasteiger partial charge in [-0.15, -0.1) is 11.8 Å². The van der Waals surface area contributed by atoms with Gasteiger partial charge >= 0.3 is 0 Å². The number of aromatic nitrogens is 1. The van der Waals surface area contributed by atoms with Crippen molar-refractivity contribution in [2.45, 2.75) is 12.3 Å². The predicted octanol–water partition coefficient (Wildman–Crippen LogP) is 3.31. The number of benzene rings is 1. The molecule has 0 radical (unpaired) electrons. The van der Waals surface area contributed by atoms with Crippen LogP contribution in [-0.4, -0.2) is 16.6 Å². The van der Waals surface area contributed by atoms with Crippen molar-refractivity contribution in [1.82, 2.24) is 4.98 Å². The number of aryl methyl sites for hydroxylation is 1. The van der Waals surface area contributed by atoms with Gasteiger partial charge in [-0.05, 0) is 36.8 Å². The molecule has 0 aliphatic carbocycles. The maximum atomic E-state index is 13.7. The minimum atomic E-state index is -0.299. The minimum absolute atomic E-state index is 0.0195. The van der Waals surface area contributed by atoms with E-state index < -0.39 is 0 Å². The minimum Gasteiger partial charge on any atom is -0.293 e. The second-order valence-corrected chi connectivity index (χ2v) is 5.68. The summed E-state index contributed by atoms with van der Waals surface area (Å²) in [7, 11) is 0. The number of rotatable bonds is 2. The van der Waals surface area contributed by atoms with Gasteiger partial charge in [-0.2, -0.15) is 0 Å². The van der Waals surface area contributed by atoms with Crippen molar-refractivity contribution in [1.29, 1.82) is 0 Å². The van der Waals surface area contributed by atoms with Gasteiger partial charge in [-0.25, -0.2) is 4.39 Å². The Bertz CT molecular complexity index is 648. The number of carbonyl (C=O) groups excluding carboxylic acids is 1. The molecule has 20 heavy (non-hydrogen) atoms. The Morgan fingerprint density at radius 2 is 2.20 bits per heavy atom. The fraction of sp³-hybridized carbons (Fsp3) is 0.200. The Hall–Kier alpha value is -1.88. The summed E-state index contributed by atoms with van der Waals surface area (Å²) < 4.78 is 13.7. The van der Waals surface area contributed by atoms with E-state index in [9.17, 15) is 9.18 Å². The second-order valence-electron chi connectivity index (χ2n) is 4.62. The lowest BCUT2D eigenvalue weighted by Crippen LogP contribution is -2.28. The molecule has 2 aromatic rings. The van der Waals surface area contributed by atoms with Crippen LogP contribution in [0.25, 0.3) is 0 Å². The molecule has 1 aromatic carbocycles. The first-order valence-electron chi connectivity index (χ1n) is 6.27. The van der Waals surface area contributed by atoms with Crippen LogP contribution < -0.4 is 4.90 Å². The van der Waals surface area contributed by atoms with Crippen molar-refractivity contribution >= 4 is 23.4 Å². The molecule has 1 aliphatic rings. The van der Waals surface area contributed by atoms with Crippen molar-refractivity contribution in [3.63, 3.8) is 0 Å². The summed E-state index contributed by atoms with van der Waals surface area (Å²) >= 11 is 1.51. The van der Waals surface area contributed by atoms with E-state index in [2.05, 4.69) is 4.98 Å². The lowest BCUT2D eigenvalue weighted by molar-refractivity contribution is -0.115. The van der Waals surface area contributed by atoms with Gasteiger partial charge < -0.3 is 0 Å². The summed E-state index contributed by atoms with van der Waals surface area (Å²) in [5.41, 5.74) is 1.96. The number of pyridine rings is 1. The highest BCUT2D eigenvalue weighted by Gasteiger charge is 2.35. The number of carbonyl (C=O) groups is 1. The van der Waals surface area contributed by atoms with E-state index in [1.54, 1.807) is 30.2 Å². The molecule has 0 bridgehead atoms. The third-order valence-electron chi connectivity index (χ3n) is 3.24. The van der Waals surface area contributed by atoms with E-state index in [1.807, 2.05) is 18.2 Å². The summed E-state index contributed by atoms with van der Waals surface area (Å²) in [5.74, 6) is 0.0670. The first kappa shape index (κ1) is 13.1. The number of hydrogen-bond acceptors (Lipinski definition) is 3. The average molecular weight is 288 g/mol. The Labute approximate surface area is 120 Å². The molecule has 2 heterocycles. The number of hydrogen-bond donors (Lipinski definition) is 0. The Morgan fingerprint density at radius 3 is 2.90 bits per heavy atom. The molecule has 102 valence electrons. The van der Waals surface area contributed by atoms with Crippen LogP contribution in [0.15, 0.2) is 42.6 Å². The largest absolute Gasteiger partial charge is 0.293 e. The highest BCUT2D eigenvalue weighted by molar-refractivity contribution is 8.00. The van der Waals surface area contributed by atoms with Gasteiger partial charge in [0, 0.05) is 11.9 Å². The molecule has 1 aliphatic heterocycles. The highest BCUT2D eigenvalue weighted by Crippen LogP contribution is 2.41. The van der Waals surface area contributed by atoms with Gasteiger partial charge in [-0.1, -0.05) is 12.1 Å². The molecule has 5 heteroatoms. The monoisotopic (exact) mass is 288 g/mol. The van der Waals surface area contributed by atoms with Crippen LogP contribution in [0.5, 0.6) is 0 Å². The topological polar surface area (TPSA) is 33.2 Å². The SMILES string of the molecule is Cc1ccc(N2C(=O)CSC2c2ccccn2)cc1F. The number of anilines is 1. The molecule has 1 amide bonds. The van der Waals surface area contributed by atoms with Gasteiger partial charge in [0.05, 0.1) is 11.4 Å². The lowest BCUT2D eigenvalue weighted by Gasteiger charge is -2.23. The van der Waals surface area contributed by atoms with Crippen LogP contribution in [0.3, 0.4) is 0 Å². The maximum absolute atomic E-state index is 13.7. The van der Waals surface area contributed by atoms with Crippen molar-refractivity contribution in [2.75, 3.05) is 10.7 Å². The molecule has 0 saturated carbocycles. The van der Waals surface area contributed by atoms with Crippen molar-refractivity contribution in [3.8, 4) is 0 Å². The van der Waals surface area contributed by atoms with Gasteiger partial charge in [0.15, 0.2) is 0 Å². The quantitative estimate of drug-likeness (QED) is 0.850. The van der Waals surface area contributed by atoms with Crippen molar-refractivity contribution < 1.29 is 9.18 Å². The van der Waals surface area contributed by atoms with Crippen LogP contribution in [0.2, 0.25) is 0 Å². The molecular weight excluding hydrogens is 275 g/mol. The van der Waals surface area contributed by atoms with Gasteiger partial charge in [-0.3, -0.25) is 14.7 Å². The summed E-state index contributed by atoms with van der Waals surface area (Å²) in [4.78, 5) is 18.0. The third kappa shape index (κ3) is 2.29. The van der Waals surface area contributed by atoms with E-state index in [1.165, 1.54) is 17.8 Å². The fourth-order valence-electron chi connectivity index (χ4n) is 2.18. The molecule has 1 atom stereocenters. The molecule has 0 N–H and O–H groups in total. The zero-order chi connectivity index (χ0) is 14.1. The van der Waals surface area contributed by atoms with Crippen LogP contribution in [0.4, 0.5) is 10.1 Å². The average Bonchev–Trinajstić information content (AvgIpc) is 2.85. The first-order chi connectivity index (χ1) is 9.66. The molecule has 1 fully saturated rings. The van der Waals surface area contributed by atoms with E-state index in [0.717, 1.165) is 5.69 Å². The normalized spacial score (nSPS) is 18.6. The Balaban J connectivity index is 2.00. The third-order valence-corrected chi connectivity index (χ3v) is 4.42. The number of amides is 1. The fourth-order valence-corrected chi connectivity index (χ4v) is 3.31. The lowest BCUT2D eigenvalue weighted by atomic mass is 10.2. The van der Waals surface area contributed by atoms with Gasteiger partial charge in [0.2, 0.25) is 5.91 Å². The summed E-state index contributed by atoms with van der Waals surface area (Å²) in [6.07, 6.45) is 1.70.